The number of hydrogen-bond donors (Lipinski definition) is 1. The van der Waals surface area contributed by atoms with Gasteiger partial charge in [-0.1, -0.05) is 54.6 Å². The quantitative estimate of drug-likeness (QED) is 0.942. The van der Waals surface area contributed by atoms with E-state index in [1.807, 2.05) is 32.2 Å². The molecule has 0 spiro atoms. The number of hydrogen-bond acceptors (Lipinski definition) is 2. The second-order valence-electron chi connectivity index (χ2n) is 6.76. The van der Waals surface area contributed by atoms with E-state index in [1.54, 1.807) is 4.90 Å². The Balaban J connectivity index is 1.73. The lowest BCUT2D eigenvalue weighted by molar-refractivity contribution is -0.136. The molecule has 3 heteroatoms. The van der Waals surface area contributed by atoms with Crippen molar-refractivity contribution >= 4 is 5.91 Å². The summed E-state index contributed by atoms with van der Waals surface area (Å²) in [4.78, 5) is 14.1. The number of aliphatic hydroxyl groups excluding tert-OH is 1. The average molecular weight is 309 g/mol. The molecule has 0 radical (unpaired) electrons. The van der Waals surface area contributed by atoms with Crippen molar-refractivity contribution in [3.05, 3.63) is 60.2 Å². The zero-order valence-electron chi connectivity index (χ0n) is 13.7. The number of nitrogens with zero attached hydrogens (tertiary/aromatic N) is 1. The van der Waals surface area contributed by atoms with E-state index in [2.05, 4.69) is 36.4 Å². The van der Waals surface area contributed by atoms with Crippen molar-refractivity contribution in [1.82, 2.24) is 4.90 Å². The van der Waals surface area contributed by atoms with Gasteiger partial charge in [0.15, 0.2) is 0 Å². The van der Waals surface area contributed by atoms with Crippen LogP contribution in [0.3, 0.4) is 0 Å². The summed E-state index contributed by atoms with van der Waals surface area (Å²) in [6.45, 7) is 1.77. The minimum Gasteiger partial charge on any atom is -0.395 e. The van der Waals surface area contributed by atoms with E-state index >= 15 is 0 Å². The number of carbonyl (C=O) groups excluding carboxylic acids is 1. The largest absolute Gasteiger partial charge is 0.395 e. The molecule has 2 aromatic carbocycles. The molecule has 23 heavy (non-hydrogen) atoms. The highest BCUT2D eigenvalue weighted by Crippen LogP contribution is 2.36. The van der Waals surface area contributed by atoms with Gasteiger partial charge in [-0.2, -0.15) is 0 Å². The fourth-order valence-corrected chi connectivity index (χ4v) is 3.41. The van der Waals surface area contributed by atoms with E-state index in [4.69, 9.17) is 0 Å². The Kier molecular flexibility index (Phi) is 4.22. The van der Waals surface area contributed by atoms with E-state index in [1.165, 1.54) is 16.7 Å². The molecule has 1 aliphatic rings. The number of amides is 1. The molecule has 3 nitrogen and oxygen atoms in total. The van der Waals surface area contributed by atoms with Gasteiger partial charge in [0.1, 0.15) is 0 Å². The maximum absolute atomic E-state index is 12.3. The zero-order chi connectivity index (χ0) is 16.4. The molecule has 1 heterocycles. The molecule has 3 rings (SSSR count). The van der Waals surface area contributed by atoms with Crippen LogP contribution < -0.4 is 0 Å². The number of likely N-dealkylation sites (tertiary alicyclic amines) is 1. The second-order valence-corrected chi connectivity index (χ2v) is 6.76. The van der Waals surface area contributed by atoms with E-state index in [0.29, 0.717) is 6.42 Å². The maximum Gasteiger partial charge on any atom is 0.230 e. The zero-order valence-corrected chi connectivity index (χ0v) is 13.7. The van der Waals surface area contributed by atoms with Gasteiger partial charge in [-0.3, -0.25) is 4.79 Å². The van der Waals surface area contributed by atoms with Gasteiger partial charge >= 0.3 is 0 Å². The summed E-state index contributed by atoms with van der Waals surface area (Å²) in [5.74, 6) is 0.0471. The van der Waals surface area contributed by atoms with Gasteiger partial charge in [-0.05, 0) is 36.5 Å². The second kappa shape index (κ2) is 6.17. The summed E-state index contributed by atoms with van der Waals surface area (Å²) < 4.78 is 0. The van der Waals surface area contributed by atoms with E-state index in [0.717, 1.165) is 6.42 Å². The molecule has 120 valence electrons. The minimum absolute atomic E-state index is 0.0471. The topological polar surface area (TPSA) is 40.5 Å². The summed E-state index contributed by atoms with van der Waals surface area (Å²) >= 11 is 0. The van der Waals surface area contributed by atoms with Crippen LogP contribution in [-0.2, 0) is 11.2 Å². The van der Waals surface area contributed by atoms with Crippen molar-refractivity contribution in [1.29, 1.82) is 0 Å². The van der Waals surface area contributed by atoms with Crippen LogP contribution in [0.1, 0.15) is 18.9 Å². The maximum atomic E-state index is 12.3. The predicted molar refractivity (Wildman–Crippen MR) is 91.9 cm³/mol. The van der Waals surface area contributed by atoms with Crippen molar-refractivity contribution in [2.75, 3.05) is 13.7 Å². The molecule has 1 N–H and O–H groups in total. The molecule has 1 saturated heterocycles. The molecule has 2 aromatic rings. The molecule has 0 bridgehead atoms. The molecule has 0 unspecified atom stereocenters. The molecule has 2 atom stereocenters. The van der Waals surface area contributed by atoms with Crippen LogP contribution in [0.15, 0.2) is 54.6 Å². The summed E-state index contributed by atoms with van der Waals surface area (Å²) in [7, 11) is 1.84. The van der Waals surface area contributed by atoms with Gasteiger partial charge in [0, 0.05) is 13.1 Å². The van der Waals surface area contributed by atoms with Crippen LogP contribution in [0.25, 0.3) is 11.1 Å². The number of likely N-dealkylation sites (N-methyl/N-ethyl adjacent to an activating group) is 1. The fraction of sp³-hybridized carbons (Fsp3) is 0.350. The lowest BCUT2D eigenvalue weighted by Gasteiger charge is -2.20. The number of aliphatic hydroxyl groups is 1. The Labute approximate surface area is 137 Å². The average Bonchev–Trinajstić information content (AvgIpc) is 2.81. The fourth-order valence-electron chi connectivity index (χ4n) is 3.41. The van der Waals surface area contributed by atoms with Crippen LogP contribution in [-0.4, -0.2) is 35.6 Å². The monoisotopic (exact) mass is 309 g/mol. The van der Waals surface area contributed by atoms with Crippen LogP contribution in [0, 0.1) is 5.41 Å². The van der Waals surface area contributed by atoms with Crippen molar-refractivity contribution in [3.63, 3.8) is 0 Å². The third kappa shape index (κ3) is 3.02. The van der Waals surface area contributed by atoms with E-state index < -0.39 is 5.41 Å². The van der Waals surface area contributed by atoms with Gasteiger partial charge in [0.2, 0.25) is 5.91 Å². The molecule has 0 aromatic heterocycles. The highest BCUT2D eigenvalue weighted by atomic mass is 16.3. The highest BCUT2D eigenvalue weighted by molar-refractivity contribution is 5.85. The minimum atomic E-state index is -0.622. The lowest BCUT2D eigenvalue weighted by atomic mass is 9.87. The van der Waals surface area contributed by atoms with Gasteiger partial charge < -0.3 is 10.0 Å². The van der Waals surface area contributed by atoms with Gasteiger partial charge in [0.25, 0.3) is 0 Å². The Hall–Kier alpha value is -2.13. The van der Waals surface area contributed by atoms with Crippen LogP contribution in [0.5, 0.6) is 0 Å². The third-order valence-corrected chi connectivity index (χ3v) is 4.95. The van der Waals surface area contributed by atoms with Crippen LogP contribution >= 0.6 is 0 Å². The Bertz CT molecular complexity index is 681. The van der Waals surface area contributed by atoms with Gasteiger partial charge in [0.05, 0.1) is 12.0 Å². The molecule has 1 amide bonds. The molecule has 0 aliphatic carbocycles. The van der Waals surface area contributed by atoms with E-state index in [9.17, 15) is 9.90 Å². The summed E-state index contributed by atoms with van der Waals surface area (Å²) in [5, 5.41) is 9.51. The van der Waals surface area contributed by atoms with E-state index in [-0.39, 0.29) is 18.6 Å². The Morgan fingerprint density at radius 3 is 2.26 bits per heavy atom. The SMILES string of the molecule is CN1C(=O)[C@](C)(CO)C[C@H]1Cc1ccc(-c2ccccc2)cc1. The molecule has 1 aliphatic heterocycles. The molecular formula is C20H23NO2. The van der Waals surface area contributed by atoms with Crippen molar-refractivity contribution < 1.29 is 9.90 Å². The van der Waals surface area contributed by atoms with Crippen LogP contribution in [0.4, 0.5) is 0 Å². The number of benzene rings is 2. The molecule has 1 fully saturated rings. The number of carbonyl (C=O) groups is 1. The van der Waals surface area contributed by atoms with Crippen LogP contribution in [0.2, 0.25) is 0 Å². The molecular weight excluding hydrogens is 286 g/mol. The standard InChI is InChI=1S/C20H23NO2/c1-20(14-22)13-18(21(2)19(20)23)12-15-8-10-17(11-9-15)16-6-4-3-5-7-16/h3-11,18,22H,12-14H2,1-2H3/t18-,20+/m1/s1. The smallest absolute Gasteiger partial charge is 0.230 e. The van der Waals surface area contributed by atoms with Crippen molar-refractivity contribution in [2.24, 2.45) is 5.41 Å². The Morgan fingerprint density at radius 2 is 1.70 bits per heavy atom. The summed E-state index contributed by atoms with van der Waals surface area (Å²) in [5.41, 5.74) is 3.01. The third-order valence-electron chi connectivity index (χ3n) is 4.95. The normalized spacial score (nSPS) is 24.2. The number of rotatable bonds is 4. The van der Waals surface area contributed by atoms with Gasteiger partial charge in [-0.25, -0.2) is 0 Å². The first kappa shape index (κ1) is 15.8. The Morgan fingerprint density at radius 1 is 1.09 bits per heavy atom. The lowest BCUT2D eigenvalue weighted by Crippen LogP contribution is -2.34. The first-order chi connectivity index (χ1) is 11.0. The van der Waals surface area contributed by atoms with Crippen molar-refractivity contribution in [3.8, 4) is 11.1 Å². The van der Waals surface area contributed by atoms with Crippen molar-refractivity contribution in [2.45, 2.75) is 25.8 Å². The summed E-state index contributed by atoms with van der Waals surface area (Å²) in [6.07, 6.45) is 1.53. The summed E-state index contributed by atoms with van der Waals surface area (Å²) in [6, 6.07) is 19.0. The molecule has 0 saturated carbocycles. The van der Waals surface area contributed by atoms with Gasteiger partial charge in [-0.15, -0.1) is 0 Å². The predicted octanol–water partition coefficient (Wildman–Crippen LogP) is 3.13. The highest BCUT2D eigenvalue weighted by Gasteiger charge is 2.46. The first-order valence-corrected chi connectivity index (χ1v) is 8.06. The first-order valence-electron chi connectivity index (χ1n) is 8.06.